The summed E-state index contributed by atoms with van der Waals surface area (Å²) in [7, 11) is 0. The third-order valence-electron chi connectivity index (χ3n) is 4.11. The van der Waals surface area contributed by atoms with Gasteiger partial charge in [-0.25, -0.2) is 4.98 Å². The fraction of sp³-hybridized carbons (Fsp3) is 0.471. The zero-order valence-electron chi connectivity index (χ0n) is 12.7. The molecule has 21 heavy (non-hydrogen) atoms. The molecule has 1 aromatic carbocycles. The minimum absolute atomic E-state index is 0.472. The maximum atomic E-state index is 10.4. The Hall–Kier alpha value is -1.65. The second kappa shape index (κ2) is 6.00. The smallest absolute Gasteiger partial charge is 0.135 e. The van der Waals surface area contributed by atoms with E-state index in [0.29, 0.717) is 6.42 Å². The van der Waals surface area contributed by atoms with E-state index in [1.54, 1.807) is 0 Å². The summed E-state index contributed by atoms with van der Waals surface area (Å²) in [6.07, 6.45) is 0.219. The Balaban J connectivity index is 2.15. The van der Waals surface area contributed by atoms with E-state index in [1.807, 2.05) is 13.0 Å². The van der Waals surface area contributed by atoms with Gasteiger partial charge in [-0.2, -0.15) is 0 Å². The van der Waals surface area contributed by atoms with Crippen molar-refractivity contribution in [3.8, 4) is 0 Å². The van der Waals surface area contributed by atoms with E-state index in [4.69, 9.17) is 9.72 Å². The van der Waals surface area contributed by atoms with Crippen LogP contribution in [0.4, 0.5) is 5.82 Å². The molecule has 1 aromatic heterocycles. The fourth-order valence-electron chi connectivity index (χ4n) is 2.85. The Morgan fingerprint density at radius 2 is 2.10 bits per heavy atom. The molecule has 1 aliphatic heterocycles. The maximum absolute atomic E-state index is 10.4. The van der Waals surface area contributed by atoms with Crippen LogP contribution < -0.4 is 4.90 Å². The van der Waals surface area contributed by atoms with Crippen LogP contribution >= 0.6 is 0 Å². The fourth-order valence-corrected chi connectivity index (χ4v) is 2.85. The van der Waals surface area contributed by atoms with Gasteiger partial charge < -0.3 is 14.7 Å². The van der Waals surface area contributed by atoms with Gasteiger partial charge in [0.25, 0.3) is 0 Å². The number of aliphatic hydroxyl groups is 1. The minimum Gasteiger partial charge on any atom is -0.388 e. The molecule has 0 bridgehead atoms. The monoisotopic (exact) mass is 286 g/mol. The van der Waals surface area contributed by atoms with Crippen molar-refractivity contribution in [2.75, 3.05) is 31.2 Å². The number of rotatable bonds is 3. The molecule has 1 atom stereocenters. The molecule has 1 N–H and O–H groups in total. The number of para-hydroxylation sites is 1. The van der Waals surface area contributed by atoms with Gasteiger partial charge in [-0.05, 0) is 25.0 Å². The van der Waals surface area contributed by atoms with Crippen molar-refractivity contribution in [1.82, 2.24) is 4.98 Å². The first-order chi connectivity index (χ1) is 10.2. The molecule has 0 aliphatic carbocycles. The van der Waals surface area contributed by atoms with Crippen LogP contribution in [0.15, 0.2) is 24.3 Å². The van der Waals surface area contributed by atoms with Gasteiger partial charge in [0, 0.05) is 24.0 Å². The van der Waals surface area contributed by atoms with Gasteiger partial charge in [0.2, 0.25) is 0 Å². The summed E-state index contributed by atoms with van der Waals surface area (Å²) in [6.45, 7) is 7.16. The predicted molar refractivity (Wildman–Crippen MR) is 84.8 cm³/mol. The lowest BCUT2D eigenvalue weighted by Crippen LogP contribution is -2.37. The second-order valence-corrected chi connectivity index (χ2v) is 5.57. The number of aryl methyl sites for hydroxylation is 1. The largest absolute Gasteiger partial charge is 0.388 e. The first-order valence-corrected chi connectivity index (χ1v) is 7.61. The predicted octanol–water partition coefficient (Wildman–Crippen LogP) is 2.82. The molecule has 112 valence electrons. The van der Waals surface area contributed by atoms with Crippen LogP contribution in [0.25, 0.3) is 10.9 Å². The van der Waals surface area contributed by atoms with Gasteiger partial charge in [-0.3, -0.25) is 0 Å². The van der Waals surface area contributed by atoms with Crippen molar-refractivity contribution in [1.29, 1.82) is 0 Å². The number of ether oxygens (including phenoxy) is 1. The van der Waals surface area contributed by atoms with Gasteiger partial charge in [-0.1, -0.05) is 25.1 Å². The zero-order chi connectivity index (χ0) is 14.8. The van der Waals surface area contributed by atoms with Crippen LogP contribution in [-0.2, 0) is 4.74 Å². The molecule has 1 unspecified atom stereocenters. The highest BCUT2D eigenvalue weighted by molar-refractivity contribution is 5.84. The number of aliphatic hydroxyl groups excluding tert-OH is 1. The van der Waals surface area contributed by atoms with Gasteiger partial charge in [0.05, 0.1) is 24.8 Å². The number of pyridine rings is 1. The van der Waals surface area contributed by atoms with E-state index >= 15 is 0 Å². The zero-order valence-corrected chi connectivity index (χ0v) is 12.7. The molecule has 0 amide bonds. The normalized spacial score (nSPS) is 17.2. The number of morpholine rings is 1. The molecule has 1 fully saturated rings. The van der Waals surface area contributed by atoms with E-state index in [9.17, 15) is 5.11 Å². The molecular formula is C17H22N2O2. The average Bonchev–Trinajstić information content (AvgIpc) is 2.54. The lowest BCUT2D eigenvalue weighted by molar-refractivity contribution is 0.121. The summed E-state index contributed by atoms with van der Waals surface area (Å²) in [6, 6.07) is 8.27. The van der Waals surface area contributed by atoms with E-state index in [1.165, 1.54) is 5.56 Å². The van der Waals surface area contributed by atoms with Crippen LogP contribution in [0, 0.1) is 6.92 Å². The van der Waals surface area contributed by atoms with Crippen molar-refractivity contribution in [3.63, 3.8) is 0 Å². The Bertz CT molecular complexity index is 636. The number of benzene rings is 1. The summed E-state index contributed by atoms with van der Waals surface area (Å²) >= 11 is 0. The number of aromatic nitrogens is 1. The number of anilines is 1. The maximum Gasteiger partial charge on any atom is 0.135 e. The van der Waals surface area contributed by atoms with Crippen molar-refractivity contribution >= 4 is 16.7 Å². The molecule has 2 heterocycles. The van der Waals surface area contributed by atoms with E-state index < -0.39 is 6.10 Å². The first kappa shape index (κ1) is 14.3. The Labute approximate surface area is 125 Å². The van der Waals surface area contributed by atoms with Crippen LogP contribution in [0.2, 0.25) is 0 Å². The van der Waals surface area contributed by atoms with Crippen LogP contribution in [0.5, 0.6) is 0 Å². The molecule has 3 rings (SSSR count). The summed E-state index contributed by atoms with van der Waals surface area (Å²) < 4.78 is 5.43. The Morgan fingerprint density at radius 3 is 2.81 bits per heavy atom. The highest BCUT2D eigenvalue weighted by Gasteiger charge is 2.21. The van der Waals surface area contributed by atoms with Crippen molar-refractivity contribution < 1.29 is 9.84 Å². The summed E-state index contributed by atoms with van der Waals surface area (Å²) in [4.78, 5) is 7.10. The molecule has 0 saturated carbocycles. The standard InChI is InChI=1S/C17H22N2O2/c1-3-15(20)14-11-13-6-4-5-12(2)16(13)18-17(14)19-7-9-21-10-8-19/h4-6,11,15,20H,3,7-10H2,1-2H3. The summed E-state index contributed by atoms with van der Waals surface area (Å²) in [5.41, 5.74) is 3.11. The Kier molecular flexibility index (Phi) is 4.08. The van der Waals surface area contributed by atoms with Crippen molar-refractivity contribution in [2.24, 2.45) is 0 Å². The van der Waals surface area contributed by atoms with Crippen LogP contribution in [0.1, 0.15) is 30.6 Å². The van der Waals surface area contributed by atoms with Crippen LogP contribution in [0.3, 0.4) is 0 Å². The molecule has 4 heteroatoms. The highest BCUT2D eigenvalue weighted by Crippen LogP contribution is 2.31. The third-order valence-corrected chi connectivity index (χ3v) is 4.11. The molecule has 0 spiro atoms. The Morgan fingerprint density at radius 1 is 1.33 bits per heavy atom. The number of fused-ring (bicyclic) bond motifs is 1. The summed E-state index contributed by atoms with van der Waals surface area (Å²) in [5, 5.41) is 11.5. The van der Waals surface area contributed by atoms with Crippen LogP contribution in [-0.4, -0.2) is 36.4 Å². The number of hydrogen-bond acceptors (Lipinski definition) is 4. The van der Waals surface area contributed by atoms with E-state index in [-0.39, 0.29) is 0 Å². The average molecular weight is 286 g/mol. The number of nitrogens with zero attached hydrogens (tertiary/aromatic N) is 2. The SMILES string of the molecule is CCC(O)c1cc2cccc(C)c2nc1N1CCOCC1. The molecule has 0 radical (unpaired) electrons. The lowest BCUT2D eigenvalue weighted by atomic mass is 10.0. The minimum atomic E-state index is -0.472. The number of hydrogen-bond donors (Lipinski definition) is 1. The van der Waals surface area contributed by atoms with Gasteiger partial charge >= 0.3 is 0 Å². The molecule has 1 saturated heterocycles. The van der Waals surface area contributed by atoms with Crippen molar-refractivity contribution in [3.05, 3.63) is 35.4 Å². The van der Waals surface area contributed by atoms with E-state index in [2.05, 4.69) is 30.0 Å². The van der Waals surface area contributed by atoms with Crippen molar-refractivity contribution in [2.45, 2.75) is 26.4 Å². The molecular weight excluding hydrogens is 264 g/mol. The molecule has 2 aromatic rings. The quantitative estimate of drug-likeness (QED) is 0.942. The lowest BCUT2D eigenvalue weighted by Gasteiger charge is -2.30. The third kappa shape index (κ3) is 2.74. The summed E-state index contributed by atoms with van der Waals surface area (Å²) in [5.74, 6) is 0.912. The first-order valence-electron chi connectivity index (χ1n) is 7.61. The second-order valence-electron chi connectivity index (χ2n) is 5.57. The molecule has 4 nitrogen and oxygen atoms in total. The van der Waals surface area contributed by atoms with Gasteiger partial charge in [-0.15, -0.1) is 0 Å². The van der Waals surface area contributed by atoms with Gasteiger partial charge in [0.15, 0.2) is 0 Å². The van der Waals surface area contributed by atoms with E-state index in [0.717, 1.165) is 48.6 Å². The molecule has 1 aliphatic rings. The van der Waals surface area contributed by atoms with Gasteiger partial charge in [0.1, 0.15) is 5.82 Å². The topological polar surface area (TPSA) is 45.6 Å². The highest BCUT2D eigenvalue weighted by atomic mass is 16.5.